The molecule has 3 heterocycles. The SMILES string of the molecule is CCCCc1ccc(N(c2ccc(CCCC)cc2)c2ccc3c(c2)N(c2ccc(-c4ccccc4)cc2C)c2c4c(cc5oc6ccccc6c25)-c2ccc(-c5ccccc5)cc2N(c2ccc(-c5ccccc5)cc2)B34)cc1. The molecule has 0 saturated heterocycles. The first-order valence-corrected chi connectivity index (χ1v) is 28.7. The topological polar surface area (TPSA) is 22.9 Å². The van der Waals surface area contributed by atoms with E-state index in [1.165, 1.54) is 97.8 Å². The first-order chi connectivity index (χ1) is 39.5. The molecule has 0 bridgehead atoms. The van der Waals surface area contributed by atoms with Crippen LogP contribution in [0.3, 0.4) is 0 Å². The zero-order valence-corrected chi connectivity index (χ0v) is 45.7. The molecule has 0 amide bonds. The summed E-state index contributed by atoms with van der Waals surface area (Å²) in [4.78, 5) is 7.70. The van der Waals surface area contributed by atoms with E-state index in [-0.39, 0.29) is 6.85 Å². The molecule has 11 aromatic carbocycles. The fourth-order valence-electron chi connectivity index (χ4n) is 12.7. The number of unbranched alkanes of at least 4 members (excludes halogenated alkanes) is 2. The maximum atomic E-state index is 7.07. The average molecular weight is 1030 g/mol. The Balaban J connectivity index is 1.07. The van der Waals surface area contributed by atoms with E-state index in [0.29, 0.717) is 0 Å². The molecule has 14 rings (SSSR count). The molecule has 0 saturated carbocycles. The number of fused-ring (bicyclic) bond motifs is 8. The summed E-state index contributed by atoms with van der Waals surface area (Å²) in [7, 11) is 0. The van der Waals surface area contributed by atoms with Crippen molar-refractivity contribution in [3.05, 3.63) is 265 Å². The van der Waals surface area contributed by atoms with Crippen molar-refractivity contribution in [3.63, 3.8) is 0 Å². The third-order valence-corrected chi connectivity index (χ3v) is 16.7. The third kappa shape index (κ3) is 8.65. The molecule has 12 aromatic rings. The summed E-state index contributed by atoms with van der Waals surface area (Å²) in [5, 5.41) is 2.21. The molecular formula is C75H62BN3O. The molecule has 0 aliphatic carbocycles. The van der Waals surface area contributed by atoms with Crippen molar-refractivity contribution < 1.29 is 4.42 Å². The van der Waals surface area contributed by atoms with Crippen LogP contribution in [-0.2, 0) is 12.8 Å². The van der Waals surface area contributed by atoms with E-state index in [0.717, 1.165) is 80.3 Å². The normalized spacial score (nSPS) is 12.4. The highest BCUT2D eigenvalue weighted by atomic mass is 16.3. The van der Waals surface area contributed by atoms with Crippen LogP contribution in [0.2, 0.25) is 0 Å². The van der Waals surface area contributed by atoms with E-state index in [2.05, 4.69) is 284 Å². The Morgan fingerprint density at radius 1 is 0.425 bits per heavy atom. The van der Waals surface area contributed by atoms with Crippen LogP contribution < -0.4 is 25.5 Å². The lowest BCUT2D eigenvalue weighted by atomic mass is 9.43. The van der Waals surface area contributed by atoms with Gasteiger partial charge in [0.05, 0.1) is 11.1 Å². The fraction of sp³-hybridized carbons (Fsp3) is 0.120. The predicted octanol–water partition coefficient (Wildman–Crippen LogP) is 19.8. The number of hydrogen-bond acceptors (Lipinski definition) is 4. The number of nitrogens with zero attached hydrogens (tertiary/aromatic N) is 3. The minimum Gasteiger partial charge on any atom is -0.456 e. The van der Waals surface area contributed by atoms with Gasteiger partial charge < -0.3 is 19.0 Å². The van der Waals surface area contributed by atoms with Crippen molar-refractivity contribution in [2.45, 2.75) is 59.3 Å². The molecular weight excluding hydrogens is 970 g/mol. The maximum absolute atomic E-state index is 7.07. The van der Waals surface area contributed by atoms with Crippen LogP contribution >= 0.6 is 0 Å². The smallest absolute Gasteiger partial charge is 0.333 e. The number of hydrogen-bond donors (Lipinski definition) is 0. The molecule has 0 fully saturated rings. The van der Waals surface area contributed by atoms with Crippen LogP contribution in [0.25, 0.3) is 66.4 Å². The van der Waals surface area contributed by atoms with Crippen LogP contribution in [0.15, 0.2) is 253 Å². The van der Waals surface area contributed by atoms with Crippen molar-refractivity contribution in [3.8, 4) is 44.5 Å². The lowest BCUT2D eigenvalue weighted by Crippen LogP contribution is -2.61. The Kier molecular flexibility index (Phi) is 12.8. The fourth-order valence-corrected chi connectivity index (χ4v) is 12.7. The highest BCUT2D eigenvalue weighted by molar-refractivity contribution is 6.94. The Bertz CT molecular complexity index is 4160. The Labute approximate surface area is 471 Å². The van der Waals surface area contributed by atoms with E-state index in [1.807, 2.05) is 0 Å². The summed E-state index contributed by atoms with van der Waals surface area (Å²) in [6.07, 6.45) is 6.82. The molecule has 0 unspecified atom stereocenters. The molecule has 0 atom stereocenters. The second-order valence-corrected chi connectivity index (χ2v) is 21.8. The largest absolute Gasteiger partial charge is 0.456 e. The third-order valence-electron chi connectivity index (χ3n) is 16.7. The quantitative estimate of drug-likeness (QED) is 0.101. The van der Waals surface area contributed by atoms with E-state index >= 15 is 0 Å². The van der Waals surface area contributed by atoms with Gasteiger partial charge in [0.1, 0.15) is 11.2 Å². The Morgan fingerprint density at radius 2 is 0.963 bits per heavy atom. The van der Waals surface area contributed by atoms with Gasteiger partial charge in [-0.25, -0.2) is 0 Å². The standard InChI is InChI=1S/C75H62BN3O/c1-4-6-19-52-29-37-60(38-30-52)77(61-39-31-53(32-40-61)20-7-5-2)63-43-45-67-70(49-63)78(68-46-36-58(47-51(68)3)55-23-13-9-14-24-55)75-73-65-27-17-18-28-71(65)80-72(73)50-66-64-44-35-59(56-25-15-10-16-26-56)48-69(64)79(76(67)74(66)75)62-41-33-57(34-42-62)54-21-11-8-12-22-54/h8-18,21-50H,4-7,19-20H2,1-3H3. The van der Waals surface area contributed by atoms with Gasteiger partial charge in [-0.2, -0.15) is 0 Å². The molecule has 386 valence electrons. The molecule has 2 aliphatic heterocycles. The summed E-state index contributed by atoms with van der Waals surface area (Å²) < 4.78 is 7.07. The lowest BCUT2D eigenvalue weighted by molar-refractivity contribution is 0.669. The number of rotatable bonds is 14. The van der Waals surface area contributed by atoms with Gasteiger partial charge in [-0.1, -0.05) is 197 Å². The molecule has 0 spiro atoms. The van der Waals surface area contributed by atoms with Gasteiger partial charge in [0.25, 0.3) is 0 Å². The lowest BCUT2D eigenvalue weighted by Gasteiger charge is -2.46. The van der Waals surface area contributed by atoms with Gasteiger partial charge in [0.2, 0.25) is 0 Å². The van der Waals surface area contributed by atoms with Gasteiger partial charge >= 0.3 is 6.85 Å². The maximum Gasteiger partial charge on any atom is 0.333 e. The number of para-hydroxylation sites is 1. The summed E-state index contributed by atoms with van der Waals surface area (Å²) >= 11 is 0. The zero-order valence-electron chi connectivity index (χ0n) is 45.7. The molecule has 0 radical (unpaired) electrons. The average Bonchev–Trinajstić information content (AvgIpc) is 3.28. The summed E-state index contributed by atoms with van der Waals surface area (Å²) in [6.45, 7) is 6.58. The molecule has 1 aromatic heterocycles. The highest BCUT2D eigenvalue weighted by Gasteiger charge is 2.47. The number of aryl methyl sites for hydroxylation is 3. The minimum atomic E-state index is -0.243. The van der Waals surface area contributed by atoms with Gasteiger partial charge in [0.15, 0.2) is 0 Å². The first kappa shape index (κ1) is 49.0. The van der Waals surface area contributed by atoms with Gasteiger partial charge in [-0.15, -0.1) is 0 Å². The van der Waals surface area contributed by atoms with Gasteiger partial charge in [-0.05, 0) is 178 Å². The molecule has 80 heavy (non-hydrogen) atoms. The Hall–Kier alpha value is -9.32. The molecule has 5 heteroatoms. The van der Waals surface area contributed by atoms with Crippen molar-refractivity contribution >= 4 is 85.2 Å². The van der Waals surface area contributed by atoms with Crippen molar-refractivity contribution in [1.29, 1.82) is 0 Å². The van der Waals surface area contributed by atoms with Crippen LogP contribution in [0.5, 0.6) is 0 Å². The van der Waals surface area contributed by atoms with E-state index < -0.39 is 0 Å². The van der Waals surface area contributed by atoms with Crippen molar-refractivity contribution in [2.24, 2.45) is 0 Å². The van der Waals surface area contributed by atoms with Crippen LogP contribution in [0.4, 0.5) is 45.5 Å². The number of benzene rings is 11. The molecule has 4 nitrogen and oxygen atoms in total. The zero-order chi connectivity index (χ0) is 53.7. The van der Waals surface area contributed by atoms with Crippen molar-refractivity contribution in [2.75, 3.05) is 14.6 Å². The number of anilines is 8. The summed E-state index contributed by atoms with van der Waals surface area (Å²) in [5.41, 5.74) is 26.6. The van der Waals surface area contributed by atoms with Crippen LogP contribution in [0.1, 0.15) is 56.2 Å². The van der Waals surface area contributed by atoms with Crippen LogP contribution in [0, 0.1) is 6.92 Å². The van der Waals surface area contributed by atoms with Crippen molar-refractivity contribution in [1.82, 2.24) is 0 Å². The minimum absolute atomic E-state index is 0.243. The monoisotopic (exact) mass is 1030 g/mol. The predicted molar refractivity (Wildman–Crippen MR) is 340 cm³/mol. The Morgan fingerprint density at radius 3 is 1.57 bits per heavy atom. The first-order valence-electron chi connectivity index (χ1n) is 28.7. The highest BCUT2D eigenvalue weighted by Crippen LogP contribution is 2.53. The second kappa shape index (κ2) is 20.8. The molecule has 2 aliphatic rings. The van der Waals surface area contributed by atoms with Crippen LogP contribution in [-0.4, -0.2) is 6.85 Å². The number of furan rings is 1. The molecule has 0 N–H and O–H groups in total. The van der Waals surface area contributed by atoms with Gasteiger partial charge in [0, 0.05) is 50.8 Å². The second-order valence-electron chi connectivity index (χ2n) is 21.8. The van der Waals surface area contributed by atoms with E-state index in [4.69, 9.17) is 4.42 Å². The van der Waals surface area contributed by atoms with E-state index in [9.17, 15) is 0 Å². The van der Waals surface area contributed by atoms with E-state index in [1.54, 1.807) is 0 Å². The summed E-state index contributed by atoms with van der Waals surface area (Å²) in [6, 6.07) is 92.5. The van der Waals surface area contributed by atoms with Gasteiger partial charge in [-0.3, -0.25) is 0 Å². The summed E-state index contributed by atoms with van der Waals surface area (Å²) in [5.74, 6) is 0.